The van der Waals surface area contributed by atoms with Gasteiger partial charge in [-0.3, -0.25) is 14.5 Å². The normalized spacial score (nSPS) is 15.9. The molecule has 2 atom stereocenters. The van der Waals surface area contributed by atoms with Crippen molar-refractivity contribution in [3.8, 4) is 0 Å². The van der Waals surface area contributed by atoms with Crippen LogP contribution < -0.4 is 10.6 Å². The van der Waals surface area contributed by atoms with Gasteiger partial charge in [0.1, 0.15) is 18.7 Å². The van der Waals surface area contributed by atoms with Crippen molar-refractivity contribution >= 4 is 34.8 Å². The fourth-order valence-electron chi connectivity index (χ4n) is 4.31. The molecule has 0 aliphatic carbocycles. The molecule has 1 fully saturated rings. The third kappa shape index (κ3) is 6.01. The number of ether oxygens (including phenoxy) is 1. The summed E-state index contributed by atoms with van der Waals surface area (Å²) in [5, 5.41) is 15.5. The molecule has 10 heteroatoms. The highest BCUT2D eigenvalue weighted by atomic mass is 16.6. The molecular weight excluding hydrogens is 464 g/mol. The van der Waals surface area contributed by atoms with E-state index in [-0.39, 0.29) is 13.0 Å². The summed E-state index contributed by atoms with van der Waals surface area (Å²) in [5.41, 5.74) is 2.47. The SMILES string of the molecule is O=C(CNC(=O)[C@@H]1CCCN1C(=O)OCc1ccccc1)N[C@H](Cc1c[nH]c2ccccc12)C(=O)O. The summed E-state index contributed by atoms with van der Waals surface area (Å²) in [6.45, 7) is 0.0729. The molecule has 2 aromatic carbocycles. The molecule has 10 nitrogen and oxygen atoms in total. The number of hydrogen-bond acceptors (Lipinski definition) is 5. The molecule has 4 rings (SSSR count). The number of para-hydroxylation sites is 1. The molecule has 1 aliphatic rings. The Morgan fingerprint density at radius 2 is 1.83 bits per heavy atom. The molecule has 3 amide bonds. The van der Waals surface area contributed by atoms with Gasteiger partial charge in [0, 0.05) is 30.1 Å². The van der Waals surface area contributed by atoms with Crippen molar-refractivity contribution in [1.82, 2.24) is 20.5 Å². The second kappa shape index (κ2) is 11.4. The van der Waals surface area contributed by atoms with Gasteiger partial charge in [-0.25, -0.2) is 9.59 Å². The van der Waals surface area contributed by atoms with E-state index in [1.54, 1.807) is 6.20 Å². The first-order valence-electron chi connectivity index (χ1n) is 11.7. The number of carboxylic acid groups (broad SMARTS) is 1. The molecule has 1 aliphatic heterocycles. The number of aromatic amines is 1. The second-order valence-electron chi connectivity index (χ2n) is 8.63. The number of benzene rings is 2. The topological polar surface area (TPSA) is 141 Å². The number of amides is 3. The largest absolute Gasteiger partial charge is 0.480 e. The predicted octanol–water partition coefficient (Wildman–Crippen LogP) is 2.20. The van der Waals surface area contributed by atoms with E-state index in [1.165, 1.54) is 4.90 Å². The Bertz CT molecular complexity index is 1240. The molecule has 0 bridgehead atoms. The maximum absolute atomic E-state index is 12.7. The van der Waals surface area contributed by atoms with Crippen molar-refractivity contribution in [2.75, 3.05) is 13.1 Å². The van der Waals surface area contributed by atoms with Crippen molar-refractivity contribution in [3.63, 3.8) is 0 Å². The van der Waals surface area contributed by atoms with Crippen LogP contribution in [0.3, 0.4) is 0 Å². The van der Waals surface area contributed by atoms with Crippen LogP contribution in [0.1, 0.15) is 24.0 Å². The minimum Gasteiger partial charge on any atom is -0.480 e. The van der Waals surface area contributed by atoms with Gasteiger partial charge in [-0.2, -0.15) is 0 Å². The number of H-pyrrole nitrogens is 1. The Kier molecular flexibility index (Phi) is 7.84. The minimum atomic E-state index is -1.18. The van der Waals surface area contributed by atoms with Gasteiger partial charge in [0.05, 0.1) is 6.54 Å². The summed E-state index contributed by atoms with van der Waals surface area (Å²) in [5.74, 6) is -2.29. The summed E-state index contributed by atoms with van der Waals surface area (Å²) >= 11 is 0. The van der Waals surface area contributed by atoms with Gasteiger partial charge in [0.15, 0.2) is 0 Å². The molecule has 0 radical (unpaired) electrons. The maximum Gasteiger partial charge on any atom is 0.410 e. The summed E-state index contributed by atoms with van der Waals surface area (Å²) in [6.07, 6.45) is 2.30. The monoisotopic (exact) mass is 492 g/mol. The highest BCUT2D eigenvalue weighted by molar-refractivity contribution is 5.91. The number of fused-ring (bicyclic) bond motifs is 1. The summed E-state index contributed by atoms with van der Waals surface area (Å²) in [7, 11) is 0. The predicted molar refractivity (Wildman–Crippen MR) is 131 cm³/mol. The van der Waals surface area contributed by atoms with E-state index in [0.717, 1.165) is 22.0 Å². The second-order valence-corrected chi connectivity index (χ2v) is 8.63. The highest BCUT2D eigenvalue weighted by Gasteiger charge is 2.35. The third-order valence-electron chi connectivity index (χ3n) is 6.15. The minimum absolute atomic E-state index is 0.0860. The maximum atomic E-state index is 12.7. The number of nitrogens with zero attached hydrogens (tertiary/aromatic N) is 1. The molecule has 36 heavy (non-hydrogen) atoms. The molecule has 2 heterocycles. The van der Waals surface area contributed by atoms with Gasteiger partial charge in [0.25, 0.3) is 0 Å². The first-order chi connectivity index (χ1) is 17.4. The van der Waals surface area contributed by atoms with E-state index < -0.39 is 42.5 Å². The number of hydrogen-bond donors (Lipinski definition) is 4. The van der Waals surface area contributed by atoms with E-state index in [9.17, 15) is 24.3 Å². The van der Waals surface area contributed by atoms with Crippen LogP contribution in [0, 0.1) is 0 Å². The summed E-state index contributed by atoms with van der Waals surface area (Å²) in [4.78, 5) is 53.8. The molecular formula is C26H28N4O6. The van der Waals surface area contributed by atoms with Gasteiger partial charge in [-0.05, 0) is 30.0 Å². The third-order valence-corrected chi connectivity index (χ3v) is 6.15. The molecule has 4 N–H and O–H groups in total. The van der Waals surface area contributed by atoms with Crippen LogP contribution in [0.25, 0.3) is 10.9 Å². The molecule has 1 saturated heterocycles. The van der Waals surface area contributed by atoms with E-state index in [2.05, 4.69) is 15.6 Å². The van der Waals surface area contributed by atoms with Crippen molar-refractivity contribution in [1.29, 1.82) is 0 Å². The lowest BCUT2D eigenvalue weighted by molar-refractivity contribution is -0.141. The summed E-state index contributed by atoms with van der Waals surface area (Å²) < 4.78 is 5.34. The lowest BCUT2D eigenvalue weighted by Gasteiger charge is -2.23. The van der Waals surface area contributed by atoms with Crippen LogP contribution in [0.15, 0.2) is 60.8 Å². The average Bonchev–Trinajstić information content (AvgIpc) is 3.54. The zero-order valence-corrected chi connectivity index (χ0v) is 19.6. The quantitative estimate of drug-likeness (QED) is 0.361. The van der Waals surface area contributed by atoms with E-state index >= 15 is 0 Å². The van der Waals surface area contributed by atoms with Crippen LogP contribution >= 0.6 is 0 Å². The molecule has 1 aromatic heterocycles. The van der Waals surface area contributed by atoms with Gasteiger partial charge in [-0.1, -0.05) is 48.5 Å². The first kappa shape index (κ1) is 24.8. The number of nitrogens with one attached hydrogen (secondary N) is 3. The van der Waals surface area contributed by atoms with Crippen molar-refractivity contribution in [3.05, 3.63) is 71.9 Å². The fraction of sp³-hybridized carbons (Fsp3) is 0.308. The molecule has 0 unspecified atom stereocenters. The van der Waals surface area contributed by atoms with Crippen LogP contribution in [0.2, 0.25) is 0 Å². The number of aliphatic carboxylic acids is 1. The standard InChI is InChI=1S/C26H28N4O6/c31-23(29-21(25(33)34)13-18-14-27-20-10-5-4-9-19(18)20)15-28-24(32)22-11-6-12-30(22)26(35)36-16-17-7-2-1-3-8-17/h1-5,7-10,14,21-22,27H,6,11-13,15-16H2,(H,28,32)(H,29,31)(H,33,34)/t21-,22+/m1/s1. The van der Waals surface area contributed by atoms with Crippen molar-refractivity contribution in [2.24, 2.45) is 0 Å². The number of carbonyl (C=O) groups is 4. The number of aromatic nitrogens is 1. The van der Waals surface area contributed by atoms with E-state index in [4.69, 9.17) is 4.74 Å². The lowest BCUT2D eigenvalue weighted by atomic mass is 10.0. The van der Waals surface area contributed by atoms with Gasteiger partial charge < -0.3 is 25.5 Å². The zero-order valence-electron chi connectivity index (χ0n) is 19.6. The van der Waals surface area contributed by atoms with Gasteiger partial charge in [0.2, 0.25) is 11.8 Å². The Morgan fingerprint density at radius 3 is 2.61 bits per heavy atom. The zero-order chi connectivity index (χ0) is 25.5. The van der Waals surface area contributed by atoms with Crippen LogP contribution in [0.5, 0.6) is 0 Å². The Labute approximate surface area is 207 Å². The van der Waals surface area contributed by atoms with Crippen LogP contribution in [0.4, 0.5) is 4.79 Å². The van der Waals surface area contributed by atoms with E-state index in [1.807, 2.05) is 54.6 Å². The Balaban J connectivity index is 1.28. The van der Waals surface area contributed by atoms with Gasteiger partial charge >= 0.3 is 12.1 Å². The van der Waals surface area contributed by atoms with Crippen molar-refractivity contribution in [2.45, 2.75) is 38.0 Å². The molecule has 188 valence electrons. The summed E-state index contributed by atoms with van der Waals surface area (Å²) in [6, 6.07) is 14.8. The fourth-order valence-corrected chi connectivity index (χ4v) is 4.31. The number of carbonyl (C=O) groups excluding carboxylic acids is 3. The average molecular weight is 493 g/mol. The first-order valence-corrected chi connectivity index (χ1v) is 11.7. The smallest absolute Gasteiger partial charge is 0.410 e. The number of rotatable bonds is 9. The van der Waals surface area contributed by atoms with Crippen molar-refractivity contribution < 1.29 is 29.0 Å². The van der Waals surface area contributed by atoms with Crippen LogP contribution in [-0.2, 0) is 32.1 Å². The van der Waals surface area contributed by atoms with E-state index in [0.29, 0.717) is 19.4 Å². The molecule has 0 saturated carbocycles. The number of carboxylic acids is 1. The van der Waals surface area contributed by atoms with Crippen LogP contribution in [-0.4, -0.2) is 64.0 Å². The highest BCUT2D eigenvalue weighted by Crippen LogP contribution is 2.20. The lowest BCUT2D eigenvalue weighted by Crippen LogP contribution is -2.50. The Hall–Kier alpha value is -4.34. The Morgan fingerprint density at radius 1 is 1.08 bits per heavy atom. The van der Waals surface area contributed by atoms with Gasteiger partial charge in [-0.15, -0.1) is 0 Å². The number of likely N-dealkylation sites (tertiary alicyclic amines) is 1. The molecule has 0 spiro atoms. The molecule has 3 aromatic rings.